The number of amides is 1. The lowest BCUT2D eigenvalue weighted by Gasteiger charge is -2.36. The molecule has 5 heteroatoms. The van der Waals surface area contributed by atoms with Crippen LogP contribution in [-0.4, -0.2) is 42.1 Å². The topological polar surface area (TPSA) is 43.8 Å². The van der Waals surface area contributed by atoms with Gasteiger partial charge in [0.05, 0.1) is 11.3 Å². The largest absolute Gasteiger partial charge is 0.506 e. The zero-order chi connectivity index (χ0) is 15.7. The van der Waals surface area contributed by atoms with Gasteiger partial charge in [-0.25, -0.2) is 0 Å². The molecule has 3 rings (SSSR count). The van der Waals surface area contributed by atoms with E-state index >= 15 is 0 Å². The summed E-state index contributed by atoms with van der Waals surface area (Å²) in [6.45, 7) is 6.88. The minimum absolute atomic E-state index is 0.124. The number of benzene rings is 1. The van der Waals surface area contributed by atoms with Crippen LogP contribution in [0.4, 0.5) is 5.69 Å². The third-order valence-electron chi connectivity index (χ3n) is 4.06. The van der Waals surface area contributed by atoms with Crippen molar-refractivity contribution in [2.45, 2.75) is 13.8 Å². The first-order valence-electron chi connectivity index (χ1n) is 7.45. The molecule has 1 aliphatic rings. The molecule has 1 aliphatic heterocycles. The van der Waals surface area contributed by atoms with Gasteiger partial charge < -0.3 is 14.9 Å². The highest BCUT2D eigenvalue weighted by molar-refractivity contribution is 7.12. The number of thiophene rings is 1. The Morgan fingerprint density at radius 3 is 2.41 bits per heavy atom. The molecular weight excluding hydrogens is 296 g/mol. The van der Waals surface area contributed by atoms with Gasteiger partial charge in [0.25, 0.3) is 5.91 Å². The van der Waals surface area contributed by atoms with Crippen LogP contribution in [0.5, 0.6) is 5.75 Å². The van der Waals surface area contributed by atoms with E-state index in [1.807, 2.05) is 43.0 Å². The Kier molecular flexibility index (Phi) is 4.07. The number of rotatable bonds is 2. The van der Waals surface area contributed by atoms with E-state index < -0.39 is 0 Å². The predicted octanol–water partition coefficient (Wildman–Crippen LogP) is 3.03. The lowest BCUT2D eigenvalue weighted by Crippen LogP contribution is -2.48. The summed E-state index contributed by atoms with van der Waals surface area (Å²) in [5.74, 6) is 0.422. The van der Waals surface area contributed by atoms with Crippen molar-refractivity contribution in [2.24, 2.45) is 0 Å². The number of aromatic hydroxyl groups is 1. The second kappa shape index (κ2) is 6.01. The second-order valence-corrected chi connectivity index (χ2v) is 7.06. The molecule has 0 radical (unpaired) electrons. The minimum atomic E-state index is 0.124. The summed E-state index contributed by atoms with van der Waals surface area (Å²) in [4.78, 5) is 18.9. The van der Waals surface area contributed by atoms with Gasteiger partial charge in [0.2, 0.25) is 0 Å². The summed E-state index contributed by atoms with van der Waals surface area (Å²) >= 11 is 1.67. The van der Waals surface area contributed by atoms with E-state index in [0.29, 0.717) is 18.8 Å². The van der Waals surface area contributed by atoms with Crippen LogP contribution in [0.2, 0.25) is 0 Å². The average Bonchev–Trinajstić information content (AvgIpc) is 2.86. The molecule has 1 aromatic heterocycles. The van der Waals surface area contributed by atoms with Crippen LogP contribution in [0, 0.1) is 13.8 Å². The van der Waals surface area contributed by atoms with Crippen LogP contribution in [0.1, 0.15) is 20.1 Å². The molecule has 1 saturated heterocycles. The lowest BCUT2D eigenvalue weighted by molar-refractivity contribution is 0.0746. The van der Waals surface area contributed by atoms with E-state index in [1.165, 1.54) is 4.88 Å². The molecule has 0 bridgehead atoms. The van der Waals surface area contributed by atoms with Crippen LogP contribution in [0.25, 0.3) is 0 Å². The summed E-state index contributed by atoms with van der Waals surface area (Å²) in [7, 11) is 0. The van der Waals surface area contributed by atoms with Crippen LogP contribution in [0.3, 0.4) is 0 Å². The van der Waals surface area contributed by atoms with Crippen LogP contribution in [-0.2, 0) is 0 Å². The number of anilines is 1. The average molecular weight is 316 g/mol. The van der Waals surface area contributed by atoms with E-state index in [9.17, 15) is 9.90 Å². The number of para-hydroxylation sites is 2. The van der Waals surface area contributed by atoms with Crippen molar-refractivity contribution in [3.63, 3.8) is 0 Å². The first-order chi connectivity index (χ1) is 10.6. The smallest absolute Gasteiger partial charge is 0.255 e. The SMILES string of the molecule is Cc1cc(C(=O)N2CCN(c3ccccc3O)CC2)c(C)s1. The van der Waals surface area contributed by atoms with Crippen molar-refractivity contribution >= 4 is 22.9 Å². The van der Waals surface area contributed by atoms with Gasteiger partial charge in [-0.1, -0.05) is 12.1 Å². The van der Waals surface area contributed by atoms with Crippen molar-refractivity contribution in [2.75, 3.05) is 31.1 Å². The maximum Gasteiger partial charge on any atom is 0.255 e. The van der Waals surface area contributed by atoms with Crippen molar-refractivity contribution < 1.29 is 9.90 Å². The van der Waals surface area contributed by atoms with Crippen molar-refractivity contribution in [1.29, 1.82) is 0 Å². The zero-order valence-electron chi connectivity index (χ0n) is 12.9. The van der Waals surface area contributed by atoms with Gasteiger partial charge in [0.1, 0.15) is 5.75 Å². The van der Waals surface area contributed by atoms with E-state index in [4.69, 9.17) is 0 Å². The van der Waals surface area contributed by atoms with Crippen molar-refractivity contribution in [3.8, 4) is 5.75 Å². The predicted molar refractivity (Wildman–Crippen MR) is 90.0 cm³/mol. The number of hydrogen-bond donors (Lipinski definition) is 1. The summed E-state index contributed by atoms with van der Waals surface area (Å²) in [6, 6.07) is 9.34. The zero-order valence-corrected chi connectivity index (χ0v) is 13.7. The molecule has 1 amide bonds. The molecule has 1 aromatic carbocycles. The number of piperazine rings is 1. The van der Waals surface area contributed by atoms with Gasteiger partial charge in [0.15, 0.2) is 0 Å². The molecule has 0 spiro atoms. The molecule has 116 valence electrons. The molecule has 2 aromatic rings. The third-order valence-corrected chi connectivity index (χ3v) is 5.03. The van der Waals surface area contributed by atoms with Crippen LogP contribution in [0.15, 0.2) is 30.3 Å². The summed E-state index contributed by atoms with van der Waals surface area (Å²) in [6.07, 6.45) is 0. The number of nitrogens with zero attached hydrogens (tertiary/aromatic N) is 2. The molecule has 2 heterocycles. The maximum atomic E-state index is 12.6. The molecule has 0 saturated carbocycles. The number of phenolic OH excluding ortho intramolecular Hbond substituents is 1. The molecule has 4 nitrogen and oxygen atoms in total. The first-order valence-corrected chi connectivity index (χ1v) is 8.27. The highest BCUT2D eigenvalue weighted by Crippen LogP contribution is 2.28. The third kappa shape index (κ3) is 2.81. The molecule has 22 heavy (non-hydrogen) atoms. The van der Waals surface area contributed by atoms with Crippen molar-refractivity contribution in [3.05, 3.63) is 45.6 Å². The van der Waals surface area contributed by atoms with Gasteiger partial charge in [-0.05, 0) is 32.0 Å². The van der Waals surface area contributed by atoms with Gasteiger partial charge >= 0.3 is 0 Å². The van der Waals surface area contributed by atoms with Gasteiger partial charge in [-0.3, -0.25) is 4.79 Å². The fourth-order valence-corrected chi connectivity index (χ4v) is 3.81. The van der Waals surface area contributed by atoms with Gasteiger partial charge in [0, 0.05) is 35.9 Å². The molecule has 0 aliphatic carbocycles. The van der Waals surface area contributed by atoms with Crippen molar-refractivity contribution in [1.82, 2.24) is 4.90 Å². The van der Waals surface area contributed by atoms with E-state index in [-0.39, 0.29) is 5.91 Å². The highest BCUT2D eigenvalue weighted by Gasteiger charge is 2.24. The molecule has 1 fully saturated rings. The van der Waals surface area contributed by atoms with Crippen LogP contribution >= 0.6 is 11.3 Å². The number of carbonyl (C=O) groups excluding carboxylic acids is 1. The van der Waals surface area contributed by atoms with Gasteiger partial charge in [-0.15, -0.1) is 11.3 Å². The molecule has 0 atom stereocenters. The normalized spacial score (nSPS) is 15.2. The minimum Gasteiger partial charge on any atom is -0.506 e. The summed E-state index contributed by atoms with van der Waals surface area (Å²) in [5.41, 5.74) is 1.68. The fraction of sp³-hybridized carbons (Fsp3) is 0.353. The quantitative estimate of drug-likeness (QED) is 0.926. The Balaban J connectivity index is 1.68. The summed E-state index contributed by atoms with van der Waals surface area (Å²) < 4.78 is 0. The van der Waals surface area contributed by atoms with Crippen LogP contribution < -0.4 is 4.90 Å². The van der Waals surface area contributed by atoms with E-state index in [1.54, 1.807) is 17.4 Å². The Morgan fingerprint density at radius 1 is 1.14 bits per heavy atom. The molecular formula is C17H20N2O2S. The van der Waals surface area contributed by atoms with Gasteiger partial charge in [-0.2, -0.15) is 0 Å². The standard InChI is InChI=1S/C17H20N2O2S/c1-12-11-14(13(2)22-12)17(21)19-9-7-18(8-10-19)15-5-3-4-6-16(15)20/h3-6,11,20H,7-10H2,1-2H3. The lowest BCUT2D eigenvalue weighted by atomic mass is 10.2. The summed E-state index contributed by atoms with van der Waals surface area (Å²) in [5, 5.41) is 9.93. The highest BCUT2D eigenvalue weighted by atomic mass is 32.1. The Morgan fingerprint density at radius 2 is 1.82 bits per heavy atom. The fourth-order valence-electron chi connectivity index (χ4n) is 2.90. The second-order valence-electron chi connectivity index (χ2n) is 5.59. The van der Waals surface area contributed by atoms with E-state index in [2.05, 4.69) is 4.90 Å². The number of aryl methyl sites for hydroxylation is 2. The first kappa shape index (κ1) is 14.9. The van der Waals surface area contributed by atoms with E-state index in [0.717, 1.165) is 29.2 Å². The molecule has 0 unspecified atom stereocenters. The maximum absolute atomic E-state index is 12.6. The Bertz CT molecular complexity index is 688. The molecule has 1 N–H and O–H groups in total. The number of carbonyl (C=O) groups is 1. The Labute approximate surface area is 134 Å². The number of phenols is 1. The number of hydrogen-bond acceptors (Lipinski definition) is 4. The Hall–Kier alpha value is -2.01. The monoisotopic (exact) mass is 316 g/mol.